The van der Waals surface area contributed by atoms with Crippen LogP contribution in [0.15, 0.2) is 89.2 Å². The largest absolute Gasteiger partial charge is 0.299 e. The Bertz CT molecular complexity index is 4150. The second kappa shape index (κ2) is 51.1. The molecule has 12 rings (SSSR count). The van der Waals surface area contributed by atoms with Gasteiger partial charge in [0.15, 0.2) is 5.78 Å². The first-order valence-electron chi connectivity index (χ1n) is 59.1. The van der Waals surface area contributed by atoms with Gasteiger partial charge in [0.2, 0.25) is 0 Å². The first-order valence-corrected chi connectivity index (χ1v) is 59.1. The summed E-state index contributed by atoms with van der Waals surface area (Å²) in [4.78, 5) is 22.8. The van der Waals surface area contributed by atoms with Gasteiger partial charge in [-0.3, -0.25) is 9.59 Å². The van der Waals surface area contributed by atoms with Crippen molar-refractivity contribution in [2.45, 2.75) is 551 Å². The van der Waals surface area contributed by atoms with Gasteiger partial charge >= 0.3 is 0 Å². The molecule has 3 radical (unpaired) electrons. The SMILES string of the molecule is C.CC1=C(C)C(C)(C)C(C)(C)C(C)C1C.CC1=C(C)C(C)(C)C(C)(C)C(C)C1C.CC1=C(C)C(C)(C)C(C)C(C)C1(C)C.CC1=C(C)C(C)(C)C(C)C1C.CC1=C(C)C(C)(C)C(C)C1C.CC1=C(C)C(C)C(C)C(C)=C1C.CC1=C(C)C(C)C(C)C1=O.CC1C(=O)C(C)C(C)(C)C1C.CC1C(C)C(C)(C)C(C)(C)C(C)(C)C1(C)C.CC1C(C)C(C)(C)C(C)C1(C)C.CC1CC(C)C(C)C1.CC1CCCCC1C.[B]. The first-order chi connectivity index (χ1) is 62.6. The minimum absolute atomic E-state index is 0. The molecule has 2 nitrogen and oxygen atoms in total. The predicted octanol–water partition coefficient (Wildman–Crippen LogP) is 45.0. The van der Waals surface area contributed by atoms with Gasteiger partial charge in [0.25, 0.3) is 0 Å². The van der Waals surface area contributed by atoms with Gasteiger partial charge in [-0.25, -0.2) is 0 Å². The highest BCUT2D eigenvalue weighted by Crippen LogP contribution is 2.71. The number of Topliss-reactive ketones (excluding diaryl/α,β-unsaturated/α-hetero) is 2. The molecular formula is C140H262BO2. The van der Waals surface area contributed by atoms with Crippen LogP contribution < -0.4 is 0 Å². The normalized spacial score (nSPS) is 37.6. The Morgan fingerprint density at radius 1 is 0.217 bits per heavy atom. The fourth-order valence-electron chi connectivity index (χ4n) is 29.0. The maximum absolute atomic E-state index is 11.5. The third-order valence-electron chi connectivity index (χ3n) is 54.0. The van der Waals surface area contributed by atoms with E-state index >= 15 is 0 Å². The predicted molar refractivity (Wildman–Crippen MR) is 651 cm³/mol. The standard InChI is InChI=1S/C16H32.3C14H26.C12H24.C12H20.2C11H20.C10H18O.C9H14O.2C8H16.CH4.B/c1-11-12(2)14(5,6)16(9,10)15(7,8)13(11,3)4;1-9-10(2)14(7,8)12(4)11(3)13(9,5)6;2*1-9-10(2)12(4)14(7,8)13(5,6)11(9)3;1-8-9(2)12(6,7)10(3)11(8,4)5;1-7-8(2)10(4)12(6)11(5)9(7)3;2*1-7-8(2)10(4)11(5,6)9(7)3;1-6-7(2)10(4,5)8(3)9(6)11;1-5-6(2)8(4)9(10)7(5)3;1-6-4-7(2)8(3)5-6;1-7-5-3-4-6-8(7)2;;/h11-12H,1-10H3;9-10H,1-8H3;2*9,11H,1-8H3;8-10H,1-7H3;7-8H,1-6H3;2*7,9H,1-6H3;6-8H,1-5H3;5,7H,1-4H3;6-8H,4-5H2,1-3H3;7-8H,3-6H2,1-2H3;1H4;. The molecule has 0 spiro atoms. The Balaban J connectivity index is 0. The quantitative estimate of drug-likeness (QED) is 0.179. The molecule has 0 aliphatic heterocycles. The monoisotopic (exact) mass is 1990 g/mol. The molecule has 837 valence electrons. The second-order valence-electron chi connectivity index (χ2n) is 60.9. The molecule has 12 aliphatic carbocycles. The lowest BCUT2D eigenvalue weighted by atomic mass is 9.36. The Hall–Kier alpha value is -2.68. The Kier molecular flexibility index (Phi) is 50.9. The van der Waals surface area contributed by atoms with Gasteiger partial charge in [-0.2, -0.15) is 0 Å². The van der Waals surface area contributed by atoms with Crippen molar-refractivity contribution in [3.8, 4) is 0 Å². The summed E-state index contributed by atoms with van der Waals surface area (Å²) in [6.07, 6.45) is 8.82. The summed E-state index contributed by atoms with van der Waals surface area (Å²) in [7, 11) is 0. The zero-order valence-electron chi connectivity index (χ0n) is 111. The smallest absolute Gasteiger partial charge is 0.161 e. The summed E-state index contributed by atoms with van der Waals surface area (Å²) >= 11 is 0. The molecule has 0 saturated heterocycles. The lowest BCUT2D eigenvalue weighted by molar-refractivity contribution is -0.204. The van der Waals surface area contributed by atoms with Crippen molar-refractivity contribution in [3.63, 3.8) is 0 Å². The highest BCUT2D eigenvalue weighted by molar-refractivity contribution is 6.00. The third-order valence-corrected chi connectivity index (χ3v) is 54.0. The zero-order chi connectivity index (χ0) is 113. The first kappa shape index (κ1) is 142. The van der Waals surface area contributed by atoms with Crippen LogP contribution in [0.25, 0.3) is 0 Å². The highest BCUT2D eigenvalue weighted by atomic mass is 16.1. The van der Waals surface area contributed by atoms with Crippen molar-refractivity contribution in [1.29, 1.82) is 0 Å². The summed E-state index contributed by atoms with van der Waals surface area (Å²) in [5.41, 5.74) is 30.4. The van der Waals surface area contributed by atoms with Crippen LogP contribution in [0.3, 0.4) is 0 Å². The van der Waals surface area contributed by atoms with E-state index in [-0.39, 0.29) is 39.0 Å². The van der Waals surface area contributed by atoms with Crippen molar-refractivity contribution in [1.82, 2.24) is 0 Å². The average molecular weight is 1990 g/mol. The number of carbonyl (C=O) groups excluding carboxylic acids is 2. The van der Waals surface area contributed by atoms with Crippen LogP contribution in [0.5, 0.6) is 0 Å². The molecule has 0 N–H and O–H groups in total. The number of carbonyl (C=O) groups is 2. The Labute approximate surface area is 905 Å². The van der Waals surface area contributed by atoms with Gasteiger partial charge in [0, 0.05) is 26.2 Å². The highest BCUT2D eigenvalue weighted by Gasteiger charge is 2.64. The number of ketones is 2. The minimum Gasteiger partial charge on any atom is -0.299 e. The van der Waals surface area contributed by atoms with Crippen LogP contribution in [0.4, 0.5) is 0 Å². The molecule has 0 aromatic heterocycles. The summed E-state index contributed by atoms with van der Waals surface area (Å²) in [6.45, 7) is 171. The van der Waals surface area contributed by atoms with Crippen molar-refractivity contribution < 1.29 is 9.59 Å². The lowest BCUT2D eigenvalue weighted by Gasteiger charge is -2.68. The number of allylic oxidation sites excluding steroid dienone is 16. The second-order valence-corrected chi connectivity index (χ2v) is 60.9. The van der Waals surface area contributed by atoms with Gasteiger partial charge in [-0.05, 0) is 364 Å². The van der Waals surface area contributed by atoms with Gasteiger partial charge in [-0.15, -0.1) is 0 Å². The van der Waals surface area contributed by atoms with Crippen molar-refractivity contribution in [3.05, 3.63) is 89.2 Å². The fraction of sp³-hybridized carbons (Fsp3) is 0.871. The van der Waals surface area contributed by atoms with Crippen LogP contribution in [-0.2, 0) is 9.59 Å². The molecule has 0 heterocycles. The summed E-state index contributed by atoms with van der Waals surface area (Å²) in [6, 6.07) is 0. The Morgan fingerprint density at radius 2 is 0.455 bits per heavy atom. The van der Waals surface area contributed by atoms with Crippen molar-refractivity contribution in [2.75, 3.05) is 0 Å². The average Bonchev–Trinajstić information content (AvgIpc) is 1.70. The van der Waals surface area contributed by atoms with Crippen LogP contribution >= 0.6 is 0 Å². The van der Waals surface area contributed by atoms with Gasteiger partial charge < -0.3 is 0 Å². The summed E-state index contributed by atoms with van der Waals surface area (Å²) < 4.78 is 0. The third kappa shape index (κ3) is 28.2. The zero-order valence-corrected chi connectivity index (χ0v) is 111. The van der Waals surface area contributed by atoms with Crippen LogP contribution in [0, 0.1) is 241 Å². The summed E-state index contributed by atoms with van der Waals surface area (Å²) in [5.74, 6) is 20.7. The molecule has 0 aromatic carbocycles. The fourth-order valence-corrected chi connectivity index (χ4v) is 29.0. The van der Waals surface area contributed by atoms with E-state index in [1.807, 2.05) is 13.8 Å². The summed E-state index contributed by atoms with van der Waals surface area (Å²) in [5, 5.41) is 0. The molecule has 12 aliphatic rings. The van der Waals surface area contributed by atoms with Crippen LogP contribution in [-0.4, -0.2) is 20.0 Å². The van der Waals surface area contributed by atoms with E-state index in [0.29, 0.717) is 99.2 Å². The molecule has 25 unspecified atom stereocenters. The maximum Gasteiger partial charge on any atom is 0.161 e. The molecule has 0 aromatic rings. The molecule has 5 fully saturated rings. The van der Waals surface area contributed by atoms with E-state index < -0.39 is 0 Å². The number of rotatable bonds is 0. The maximum atomic E-state index is 11.5. The van der Waals surface area contributed by atoms with Crippen LogP contribution in [0.1, 0.15) is 551 Å². The van der Waals surface area contributed by atoms with E-state index in [1.54, 1.807) is 66.9 Å². The van der Waals surface area contributed by atoms with E-state index in [1.165, 1.54) is 55.2 Å². The minimum atomic E-state index is 0. The van der Waals surface area contributed by atoms with E-state index in [0.717, 1.165) is 136 Å². The van der Waals surface area contributed by atoms with Gasteiger partial charge in [-0.1, -0.05) is 500 Å². The number of hydrogen-bond donors (Lipinski definition) is 0. The van der Waals surface area contributed by atoms with Gasteiger partial charge in [0.1, 0.15) is 5.78 Å². The molecule has 143 heavy (non-hydrogen) atoms. The van der Waals surface area contributed by atoms with Crippen molar-refractivity contribution in [2.24, 2.45) is 241 Å². The topological polar surface area (TPSA) is 34.1 Å². The molecular weight excluding hydrogens is 1720 g/mol. The molecule has 0 bridgehead atoms. The molecule has 0 amide bonds. The molecule has 3 heteroatoms. The van der Waals surface area contributed by atoms with Gasteiger partial charge in [0.05, 0.1) is 0 Å². The van der Waals surface area contributed by atoms with E-state index in [2.05, 4.69) is 492 Å². The van der Waals surface area contributed by atoms with Crippen LogP contribution in [0.2, 0.25) is 0 Å². The van der Waals surface area contributed by atoms with E-state index in [9.17, 15) is 9.59 Å². The number of hydrogen-bond acceptors (Lipinski definition) is 2. The molecule has 25 atom stereocenters. The Morgan fingerprint density at radius 3 is 0.608 bits per heavy atom. The van der Waals surface area contributed by atoms with Crippen molar-refractivity contribution >= 4 is 20.0 Å². The molecule has 5 saturated carbocycles. The van der Waals surface area contributed by atoms with E-state index in [4.69, 9.17) is 0 Å². The lowest BCUT2D eigenvalue weighted by Crippen LogP contribution is -2.62.